The van der Waals surface area contributed by atoms with Crippen molar-refractivity contribution < 1.29 is 9.53 Å². The van der Waals surface area contributed by atoms with E-state index in [2.05, 4.69) is 94.8 Å². The van der Waals surface area contributed by atoms with Gasteiger partial charge in [-0.3, -0.25) is 0 Å². The van der Waals surface area contributed by atoms with E-state index in [0.29, 0.717) is 4.48 Å². The first-order valence-corrected chi connectivity index (χ1v) is 13.2. The number of rotatable bonds is 4. The summed E-state index contributed by atoms with van der Waals surface area (Å²) in [7, 11) is -0.666. The van der Waals surface area contributed by atoms with E-state index in [1.54, 1.807) is 0 Å². The van der Waals surface area contributed by atoms with Gasteiger partial charge in [-0.15, -0.1) is 0 Å². The molecule has 1 fully saturated rings. The Kier molecular flexibility index (Phi) is 6.70. The molecule has 3 aromatic rings. The number of carbonyl (C=O) groups excluding carboxylic acids is 1. The molecule has 1 unspecified atom stereocenters. The molecule has 0 aromatic heterocycles. The van der Waals surface area contributed by atoms with Crippen LogP contribution in [0, 0.1) is 0 Å². The van der Waals surface area contributed by atoms with Crippen LogP contribution in [0.3, 0.4) is 0 Å². The molecule has 2 nitrogen and oxygen atoms in total. The van der Waals surface area contributed by atoms with E-state index in [1.807, 2.05) is 32.9 Å². The molecule has 3 aromatic carbocycles. The van der Waals surface area contributed by atoms with Crippen molar-refractivity contribution in [2.45, 2.75) is 37.9 Å². The van der Waals surface area contributed by atoms with Gasteiger partial charge in [-0.2, -0.15) is 0 Å². The molecule has 0 aliphatic carbocycles. The van der Waals surface area contributed by atoms with Crippen LogP contribution in [0.1, 0.15) is 38.3 Å². The Morgan fingerprint density at radius 3 is 1.78 bits per heavy atom. The summed E-state index contributed by atoms with van der Waals surface area (Å²) >= 11 is 3.71. The first-order valence-electron chi connectivity index (χ1n) is 10.9. The molecule has 0 radical (unpaired) electrons. The number of allylic oxidation sites excluding steroid dienone is 1. The monoisotopic (exact) mass is 506 g/mol. The van der Waals surface area contributed by atoms with Gasteiger partial charge in [0.25, 0.3) is 0 Å². The number of halogens is 1. The standard InChI is InChI=1S/C28H28BrO2P/c1-27(2,3)31-26(30)25(29)24-19-20-32(23-17-11-6-12-18-23)28(24,21-13-7-4-8-14-21)22-15-9-5-10-16-22/h4-18H,19-20H2,1-3H3. The minimum Gasteiger partial charge on any atom is -0.456 e. The van der Waals surface area contributed by atoms with E-state index >= 15 is 0 Å². The Morgan fingerprint density at radius 2 is 1.31 bits per heavy atom. The Balaban J connectivity index is 2.02. The second-order valence-corrected chi connectivity index (χ2v) is 12.3. The fourth-order valence-electron chi connectivity index (χ4n) is 4.57. The van der Waals surface area contributed by atoms with Gasteiger partial charge in [0.2, 0.25) is 0 Å². The van der Waals surface area contributed by atoms with Crippen molar-refractivity contribution in [2.75, 3.05) is 6.16 Å². The van der Waals surface area contributed by atoms with Crippen molar-refractivity contribution in [3.8, 4) is 0 Å². The van der Waals surface area contributed by atoms with E-state index < -0.39 is 18.7 Å². The van der Waals surface area contributed by atoms with Crippen LogP contribution in [0.4, 0.5) is 0 Å². The van der Waals surface area contributed by atoms with Crippen LogP contribution in [-0.4, -0.2) is 17.7 Å². The fourth-order valence-corrected chi connectivity index (χ4v) is 8.73. The quantitative estimate of drug-likeness (QED) is 0.213. The second-order valence-electron chi connectivity index (χ2n) is 8.97. The van der Waals surface area contributed by atoms with E-state index in [1.165, 1.54) is 16.4 Å². The molecule has 4 heteroatoms. The number of carbonyl (C=O) groups is 1. The molecule has 4 rings (SSSR count). The van der Waals surface area contributed by atoms with E-state index in [0.717, 1.165) is 18.2 Å². The molecular weight excluding hydrogens is 479 g/mol. The Bertz CT molecular complexity index is 1060. The number of hydrogen-bond donors (Lipinski definition) is 0. The van der Waals surface area contributed by atoms with Crippen LogP contribution in [0.15, 0.2) is 101 Å². The molecule has 0 saturated carbocycles. The van der Waals surface area contributed by atoms with Gasteiger partial charge >= 0.3 is 5.97 Å². The van der Waals surface area contributed by atoms with E-state index in [-0.39, 0.29) is 5.97 Å². The van der Waals surface area contributed by atoms with Gasteiger partial charge in [-0.25, -0.2) is 4.79 Å². The smallest absolute Gasteiger partial charge is 0.345 e. The fraction of sp³-hybridized carbons (Fsp3) is 0.250. The van der Waals surface area contributed by atoms with Crippen molar-refractivity contribution in [1.29, 1.82) is 0 Å². The summed E-state index contributed by atoms with van der Waals surface area (Å²) in [6.45, 7) is 5.72. The third kappa shape index (κ3) is 4.34. The maximum Gasteiger partial charge on any atom is 0.345 e. The van der Waals surface area contributed by atoms with Crippen LogP contribution >= 0.6 is 23.9 Å². The molecule has 0 N–H and O–H groups in total. The maximum absolute atomic E-state index is 13.2. The predicted octanol–water partition coefficient (Wildman–Crippen LogP) is 7.13. The zero-order chi connectivity index (χ0) is 22.8. The highest BCUT2D eigenvalue weighted by molar-refractivity contribution is 9.12. The second kappa shape index (κ2) is 9.33. The summed E-state index contributed by atoms with van der Waals surface area (Å²) in [6, 6.07) is 32.0. The summed E-state index contributed by atoms with van der Waals surface area (Å²) in [5.74, 6) is -0.298. The Labute approximate surface area is 200 Å². The number of ether oxygens (including phenoxy) is 1. The van der Waals surface area contributed by atoms with Crippen LogP contribution in [0.25, 0.3) is 0 Å². The van der Waals surface area contributed by atoms with Gasteiger partial charge in [-0.1, -0.05) is 98.9 Å². The molecule has 164 valence electrons. The van der Waals surface area contributed by atoms with Gasteiger partial charge in [0, 0.05) is 0 Å². The van der Waals surface area contributed by atoms with Gasteiger partial charge in [0.15, 0.2) is 0 Å². The van der Waals surface area contributed by atoms with Crippen molar-refractivity contribution in [3.63, 3.8) is 0 Å². The maximum atomic E-state index is 13.2. The zero-order valence-corrected chi connectivity index (χ0v) is 21.2. The van der Waals surface area contributed by atoms with Crippen LogP contribution in [0.5, 0.6) is 0 Å². The molecular formula is C28H28BrO2P. The molecule has 0 bridgehead atoms. The summed E-state index contributed by atoms with van der Waals surface area (Å²) in [5.41, 5.74) is 2.99. The van der Waals surface area contributed by atoms with E-state index in [9.17, 15) is 4.79 Å². The Hall–Kier alpha value is -2.22. The van der Waals surface area contributed by atoms with Crippen LogP contribution in [-0.2, 0) is 14.7 Å². The van der Waals surface area contributed by atoms with Crippen LogP contribution < -0.4 is 5.30 Å². The topological polar surface area (TPSA) is 26.3 Å². The zero-order valence-electron chi connectivity index (χ0n) is 18.7. The number of hydrogen-bond acceptors (Lipinski definition) is 2. The Morgan fingerprint density at radius 1 is 0.844 bits per heavy atom. The first-order chi connectivity index (χ1) is 15.3. The largest absolute Gasteiger partial charge is 0.456 e. The number of esters is 1. The van der Waals surface area contributed by atoms with Crippen LogP contribution in [0.2, 0.25) is 0 Å². The van der Waals surface area contributed by atoms with Gasteiger partial charge in [0.1, 0.15) is 10.1 Å². The molecule has 32 heavy (non-hydrogen) atoms. The van der Waals surface area contributed by atoms with Crippen molar-refractivity contribution in [3.05, 3.63) is 112 Å². The third-order valence-electron chi connectivity index (χ3n) is 5.72. The van der Waals surface area contributed by atoms with Gasteiger partial charge in [-0.05, 0) is 71.3 Å². The highest BCUT2D eigenvalue weighted by Gasteiger charge is 2.51. The lowest BCUT2D eigenvalue weighted by molar-refractivity contribution is -0.148. The van der Waals surface area contributed by atoms with Gasteiger partial charge in [0.05, 0.1) is 5.16 Å². The van der Waals surface area contributed by atoms with Crippen molar-refractivity contribution in [2.24, 2.45) is 0 Å². The average molecular weight is 507 g/mol. The third-order valence-corrected chi connectivity index (χ3v) is 9.71. The highest BCUT2D eigenvalue weighted by atomic mass is 79.9. The number of benzene rings is 3. The molecule has 0 amide bonds. The molecule has 1 saturated heterocycles. The van der Waals surface area contributed by atoms with Gasteiger partial charge < -0.3 is 4.74 Å². The SMILES string of the molecule is CC(C)(C)OC(=O)C(Br)=C1CCP(c2ccccc2)C1(c1ccccc1)c1ccccc1. The molecule has 1 aliphatic heterocycles. The summed E-state index contributed by atoms with van der Waals surface area (Å²) in [5, 5.41) is 0.935. The molecule has 0 spiro atoms. The lowest BCUT2D eigenvalue weighted by Crippen LogP contribution is -2.30. The summed E-state index contributed by atoms with van der Waals surface area (Å²) < 4.78 is 6.34. The first kappa shape index (κ1) is 23.0. The van der Waals surface area contributed by atoms with Crippen molar-refractivity contribution >= 4 is 35.1 Å². The van der Waals surface area contributed by atoms with E-state index in [4.69, 9.17) is 4.74 Å². The van der Waals surface area contributed by atoms with Crippen molar-refractivity contribution in [1.82, 2.24) is 0 Å². The molecule has 1 atom stereocenters. The highest BCUT2D eigenvalue weighted by Crippen LogP contribution is 2.69. The molecule has 1 aliphatic rings. The normalized spacial score (nSPS) is 19.4. The predicted molar refractivity (Wildman–Crippen MR) is 138 cm³/mol. The lowest BCUT2D eigenvalue weighted by atomic mass is 9.82. The molecule has 1 heterocycles. The lowest BCUT2D eigenvalue weighted by Gasteiger charge is -2.39. The summed E-state index contributed by atoms with van der Waals surface area (Å²) in [4.78, 5) is 13.2. The summed E-state index contributed by atoms with van der Waals surface area (Å²) in [6.07, 6.45) is 1.85. The minimum atomic E-state index is -0.666. The minimum absolute atomic E-state index is 0.298. The average Bonchev–Trinajstić information content (AvgIpc) is 3.20.